The summed E-state index contributed by atoms with van der Waals surface area (Å²) >= 11 is 0. The predicted molar refractivity (Wildman–Crippen MR) is 122 cm³/mol. The normalized spacial score (nSPS) is 16.8. The van der Waals surface area contributed by atoms with Crippen molar-refractivity contribution in [3.05, 3.63) is 90.0 Å². The SMILES string of the molecule is Cl.O=C1N(Cc2ccccc2)c2c(Oc3ccccc3)cccc2C12CCNCC2. The molecule has 1 N–H and O–H groups in total. The third-order valence-electron chi connectivity index (χ3n) is 6.05. The van der Waals surface area contributed by atoms with Gasteiger partial charge in [0.2, 0.25) is 5.91 Å². The highest BCUT2D eigenvalue weighted by atomic mass is 35.5. The van der Waals surface area contributed by atoms with Crippen molar-refractivity contribution < 1.29 is 9.53 Å². The molecule has 0 unspecified atom stereocenters. The number of hydrogen-bond acceptors (Lipinski definition) is 3. The molecule has 0 aliphatic carbocycles. The predicted octanol–water partition coefficient (Wildman–Crippen LogP) is 5.07. The zero-order valence-electron chi connectivity index (χ0n) is 16.7. The van der Waals surface area contributed by atoms with Crippen LogP contribution in [0.4, 0.5) is 5.69 Å². The molecule has 5 heteroatoms. The van der Waals surface area contributed by atoms with Gasteiger partial charge in [0.25, 0.3) is 0 Å². The van der Waals surface area contributed by atoms with E-state index in [4.69, 9.17) is 4.74 Å². The molecule has 0 radical (unpaired) electrons. The molecule has 30 heavy (non-hydrogen) atoms. The molecular weight excluding hydrogens is 396 g/mol. The number of ether oxygens (including phenoxy) is 1. The summed E-state index contributed by atoms with van der Waals surface area (Å²) in [4.78, 5) is 15.7. The average molecular weight is 421 g/mol. The van der Waals surface area contributed by atoms with Gasteiger partial charge in [0.05, 0.1) is 17.6 Å². The smallest absolute Gasteiger partial charge is 0.238 e. The largest absolute Gasteiger partial charge is 0.455 e. The first kappa shape index (κ1) is 20.5. The number of anilines is 1. The highest BCUT2D eigenvalue weighted by Gasteiger charge is 2.52. The topological polar surface area (TPSA) is 41.6 Å². The van der Waals surface area contributed by atoms with Crippen LogP contribution in [0.25, 0.3) is 0 Å². The lowest BCUT2D eigenvalue weighted by molar-refractivity contribution is -0.124. The maximum atomic E-state index is 13.8. The number of benzene rings is 3. The Bertz CT molecular complexity index is 1020. The molecule has 0 saturated carbocycles. The third kappa shape index (κ3) is 3.47. The maximum Gasteiger partial charge on any atom is 0.238 e. The van der Waals surface area contributed by atoms with E-state index in [2.05, 4.69) is 23.5 Å². The molecule has 4 nitrogen and oxygen atoms in total. The Morgan fingerprint density at radius 2 is 1.53 bits per heavy atom. The van der Waals surface area contributed by atoms with Gasteiger partial charge in [-0.05, 0) is 55.3 Å². The van der Waals surface area contributed by atoms with Gasteiger partial charge >= 0.3 is 0 Å². The Kier molecular flexibility index (Phi) is 5.80. The van der Waals surface area contributed by atoms with E-state index < -0.39 is 5.41 Å². The highest BCUT2D eigenvalue weighted by Crippen LogP contribution is 2.52. The van der Waals surface area contributed by atoms with E-state index in [0.717, 1.165) is 54.2 Å². The van der Waals surface area contributed by atoms with E-state index >= 15 is 0 Å². The van der Waals surface area contributed by atoms with Crippen LogP contribution in [0.1, 0.15) is 24.0 Å². The molecule has 3 aromatic rings. The van der Waals surface area contributed by atoms with Crippen LogP contribution in [0.5, 0.6) is 11.5 Å². The number of nitrogens with zero attached hydrogens (tertiary/aromatic N) is 1. The fourth-order valence-corrected chi connectivity index (χ4v) is 4.61. The quantitative estimate of drug-likeness (QED) is 0.640. The minimum atomic E-state index is -0.453. The number of hydrogen-bond donors (Lipinski definition) is 1. The number of carbonyl (C=O) groups is 1. The fraction of sp³-hybridized carbons (Fsp3) is 0.240. The van der Waals surface area contributed by atoms with Crippen LogP contribution >= 0.6 is 12.4 Å². The molecule has 0 bridgehead atoms. The van der Waals surface area contributed by atoms with Crippen molar-refractivity contribution in [2.45, 2.75) is 24.8 Å². The molecule has 154 valence electrons. The Morgan fingerprint density at radius 1 is 0.867 bits per heavy atom. The van der Waals surface area contributed by atoms with Gasteiger partial charge in [-0.2, -0.15) is 0 Å². The lowest BCUT2D eigenvalue weighted by Crippen LogP contribution is -2.47. The Labute approximate surface area is 183 Å². The minimum Gasteiger partial charge on any atom is -0.455 e. The molecule has 0 atom stereocenters. The average Bonchev–Trinajstić information content (AvgIpc) is 2.99. The summed E-state index contributed by atoms with van der Waals surface area (Å²) in [5.74, 6) is 1.72. The van der Waals surface area contributed by atoms with Crippen LogP contribution in [0.15, 0.2) is 78.9 Å². The molecule has 1 saturated heterocycles. The minimum absolute atomic E-state index is 0. The first-order chi connectivity index (χ1) is 14.3. The number of amides is 1. The summed E-state index contributed by atoms with van der Waals surface area (Å²) < 4.78 is 6.26. The summed E-state index contributed by atoms with van der Waals surface area (Å²) in [6, 6.07) is 26.0. The molecular formula is C25H25ClN2O2. The first-order valence-corrected chi connectivity index (χ1v) is 10.2. The molecule has 1 amide bonds. The van der Waals surface area contributed by atoms with E-state index in [0.29, 0.717) is 6.54 Å². The van der Waals surface area contributed by atoms with Crippen LogP contribution in [0.2, 0.25) is 0 Å². The number of carbonyl (C=O) groups excluding carboxylic acids is 1. The van der Waals surface area contributed by atoms with Gasteiger partial charge in [-0.1, -0.05) is 60.7 Å². The Morgan fingerprint density at radius 3 is 2.23 bits per heavy atom. The second-order valence-corrected chi connectivity index (χ2v) is 7.78. The second kappa shape index (κ2) is 8.50. The molecule has 2 heterocycles. The van der Waals surface area contributed by atoms with E-state index in [9.17, 15) is 4.79 Å². The molecule has 5 rings (SSSR count). The van der Waals surface area contributed by atoms with Crippen LogP contribution in [-0.4, -0.2) is 19.0 Å². The van der Waals surface area contributed by atoms with Crippen molar-refractivity contribution in [3.63, 3.8) is 0 Å². The summed E-state index contributed by atoms with van der Waals surface area (Å²) in [5.41, 5.74) is 2.69. The number of piperidine rings is 1. The Balaban J connectivity index is 0.00000218. The van der Waals surface area contributed by atoms with E-state index in [1.54, 1.807) is 0 Å². The van der Waals surface area contributed by atoms with Crippen LogP contribution < -0.4 is 15.0 Å². The van der Waals surface area contributed by atoms with Crippen LogP contribution in [-0.2, 0) is 16.8 Å². The van der Waals surface area contributed by atoms with Gasteiger partial charge in [0.1, 0.15) is 5.75 Å². The maximum absolute atomic E-state index is 13.8. The number of nitrogens with one attached hydrogen (secondary N) is 1. The number of para-hydroxylation sites is 2. The molecule has 0 aromatic heterocycles. The molecule has 1 spiro atoms. The van der Waals surface area contributed by atoms with Gasteiger partial charge < -0.3 is 15.0 Å². The van der Waals surface area contributed by atoms with Crippen molar-refractivity contribution in [3.8, 4) is 11.5 Å². The van der Waals surface area contributed by atoms with Gasteiger partial charge in [-0.25, -0.2) is 0 Å². The summed E-state index contributed by atoms with van der Waals surface area (Å²) in [5, 5.41) is 3.40. The number of halogens is 1. The van der Waals surface area contributed by atoms with Gasteiger partial charge in [0.15, 0.2) is 5.75 Å². The lowest BCUT2D eigenvalue weighted by Gasteiger charge is -2.33. The standard InChI is InChI=1S/C25H24N2O2.ClH/c28-24-25(14-16-26-17-15-25)21-12-7-13-22(29-20-10-5-2-6-11-20)23(21)27(24)18-19-8-3-1-4-9-19;/h1-13,26H,14-18H2;1H. The van der Waals surface area contributed by atoms with Crippen LogP contribution in [0.3, 0.4) is 0 Å². The van der Waals surface area contributed by atoms with E-state index in [1.807, 2.05) is 65.6 Å². The van der Waals surface area contributed by atoms with Crippen molar-refractivity contribution in [2.75, 3.05) is 18.0 Å². The molecule has 1 fully saturated rings. The number of rotatable bonds is 4. The zero-order valence-corrected chi connectivity index (χ0v) is 17.5. The molecule has 2 aliphatic heterocycles. The van der Waals surface area contributed by atoms with Crippen molar-refractivity contribution in [1.82, 2.24) is 5.32 Å². The van der Waals surface area contributed by atoms with Gasteiger partial charge in [-0.15, -0.1) is 12.4 Å². The lowest BCUT2D eigenvalue weighted by atomic mass is 9.74. The summed E-state index contributed by atoms with van der Waals surface area (Å²) in [7, 11) is 0. The fourth-order valence-electron chi connectivity index (χ4n) is 4.61. The van der Waals surface area contributed by atoms with Crippen molar-refractivity contribution in [2.24, 2.45) is 0 Å². The third-order valence-corrected chi connectivity index (χ3v) is 6.05. The molecule has 3 aromatic carbocycles. The van der Waals surface area contributed by atoms with Gasteiger partial charge in [0, 0.05) is 0 Å². The number of fused-ring (bicyclic) bond motifs is 2. The molecule has 2 aliphatic rings. The van der Waals surface area contributed by atoms with Crippen molar-refractivity contribution in [1.29, 1.82) is 0 Å². The van der Waals surface area contributed by atoms with E-state index in [1.165, 1.54) is 0 Å². The van der Waals surface area contributed by atoms with Gasteiger partial charge in [-0.3, -0.25) is 4.79 Å². The monoisotopic (exact) mass is 420 g/mol. The zero-order chi connectivity index (χ0) is 19.7. The highest BCUT2D eigenvalue weighted by molar-refractivity contribution is 6.09. The second-order valence-electron chi connectivity index (χ2n) is 7.78. The Hall–Kier alpha value is -2.82. The van der Waals surface area contributed by atoms with Crippen LogP contribution in [0, 0.1) is 0 Å². The summed E-state index contributed by atoms with van der Waals surface area (Å²) in [6.07, 6.45) is 1.64. The summed E-state index contributed by atoms with van der Waals surface area (Å²) in [6.45, 7) is 2.26. The van der Waals surface area contributed by atoms with E-state index in [-0.39, 0.29) is 18.3 Å². The van der Waals surface area contributed by atoms with Crippen molar-refractivity contribution >= 4 is 24.0 Å². The first-order valence-electron chi connectivity index (χ1n) is 10.2.